The first-order valence-corrected chi connectivity index (χ1v) is 5.21. The van der Waals surface area contributed by atoms with Gasteiger partial charge in [0, 0.05) is 0 Å². The summed E-state index contributed by atoms with van der Waals surface area (Å²) in [7, 11) is -1.43. The minimum atomic E-state index is -1.43. The van der Waals surface area contributed by atoms with E-state index in [2.05, 4.69) is 0 Å². The van der Waals surface area contributed by atoms with Crippen molar-refractivity contribution < 1.29 is 19.3 Å². The molecule has 0 radical (unpaired) electrons. The van der Waals surface area contributed by atoms with Crippen LogP contribution in [-0.4, -0.2) is 48.3 Å². The molecule has 68 valence electrons. The fraction of sp³-hybridized carbons (Fsp3) is 0.667. The third-order valence-electron chi connectivity index (χ3n) is 1.09. The topological polar surface area (TPSA) is 74.7 Å². The van der Waals surface area contributed by atoms with Gasteiger partial charge in [-0.2, -0.15) is 0 Å². The van der Waals surface area contributed by atoms with Crippen LogP contribution >= 0.6 is 7.80 Å². The molecule has 0 spiro atoms. The minimum absolute atomic E-state index is 0.0151. The highest BCUT2D eigenvalue weighted by atomic mass is 31.1. The van der Waals surface area contributed by atoms with Gasteiger partial charge in [-0.15, -0.1) is 0 Å². The van der Waals surface area contributed by atoms with Crippen molar-refractivity contribution in [2.45, 2.75) is 0 Å². The quantitative estimate of drug-likeness (QED) is 0.473. The van der Waals surface area contributed by atoms with Crippen molar-refractivity contribution in [1.29, 1.82) is 0 Å². The van der Waals surface area contributed by atoms with Crippen molar-refractivity contribution in [1.82, 2.24) is 4.90 Å². The largest absolute Gasteiger partial charge is 0.480 e. The number of carbonyl (C=O) groups excluding carboxylic acids is 1. The molecule has 5 nitrogen and oxygen atoms in total. The van der Waals surface area contributed by atoms with Gasteiger partial charge >= 0.3 is 13.8 Å². The predicted molar refractivity (Wildman–Crippen MR) is 43.7 cm³/mol. The highest BCUT2D eigenvalue weighted by molar-refractivity contribution is 7.43. The molecule has 0 aromatic heterocycles. The number of hydrogen-bond donors (Lipinski definition) is 1. The van der Waals surface area contributed by atoms with E-state index in [1.54, 1.807) is 0 Å². The number of aliphatic carboxylic acids is 1. The van der Waals surface area contributed by atoms with Gasteiger partial charge in [-0.3, -0.25) is 4.79 Å². The van der Waals surface area contributed by atoms with Crippen molar-refractivity contribution in [2.24, 2.45) is 0 Å². The van der Waals surface area contributed by atoms with Gasteiger partial charge in [0.2, 0.25) is 0 Å². The van der Waals surface area contributed by atoms with Gasteiger partial charge in [0.1, 0.15) is 19.5 Å². The van der Waals surface area contributed by atoms with Gasteiger partial charge in [0.15, 0.2) is 6.29 Å². The number of hydrogen-bond acceptors (Lipinski definition) is 4. The Bertz CT molecular complexity index is 178. The Hall–Kier alpha value is -0.800. The van der Waals surface area contributed by atoms with Crippen LogP contribution in [0.3, 0.4) is 0 Å². The number of aldehydes is 1. The van der Waals surface area contributed by atoms with Crippen molar-refractivity contribution in [3.63, 3.8) is 0 Å². The summed E-state index contributed by atoms with van der Waals surface area (Å²) in [6, 6.07) is 0. The lowest BCUT2D eigenvalue weighted by molar-refractivity contribution is -0.138. The van der Waals surface area contributed by atoms with E-state index in [-0.39, 0.29) is 19.4 Å². The maximum atomic E-state index is 10.7. The van der Waals surface area contributed by atoms with Crippen LogP contribution in [-0.2, 0) is 14.2 Å². The molecular weight excluding hydrogens is 181 g/mol. The molecule has 1 atom stereocenters. The normalized spacial score (nSPS) is 11.3. The second kappa shape index (κ2) is 5.80. The molecule has 0 aliphatic rings. The molecule has 0 saturated carbocycles. The SMILES string of the molecule is C[P+](=O)CN(CC=O)CC(=O)O. The van der Waals surface area contributed by atoms with Crippen LogP contribution in [0, 0.1) is 0 Å². The predicted octanol–water partition coefficient (Wildman–Crippen LogP) is -0.0134. The first-order chi connectivity index (χ1) is 5.56. The van der Waals surface area contributed by atoms with Crippen LogP contribution in [0.1, 0.15) is 0 Å². The van der Waals surface area contributed by atoms with E-state index >= 15 is 0 Å². The monoisotopic (exact) mass is 192 g/mol. The van der Waals surface area contributed by atoms with E-state index in [0.717, 1.165) is 0 Å². The first kappa shape index (κ1) is 11.2. The Balaban J connectivity index is 3.93. The number of carboxylic acid groups (broad SMARTS) is 1. The smallest absolute Gasteiger partial charge is 0.351 e. The zero-order valence-corrected chi connectivity index (χ0v) is 7.66. The van der Waals surface area contributed by atoms with Crippen molar-refractivity contribution in [2.75, 3.05) is 26.0 Å². The second-order valence-corrected chi connectivity index (χ2v) is 3.88. The van der Waals surface area contributed by atoms with Crippen LogP contribution in [0.4, 0.5) is 0 Å². The summed E-state index contributed by atoms with van der Waals surface area (Å²) in [4.78, 5) is 21.6. The maximum absolute atomic E-state index is 10.7. The summed E-state index contributed by atoms with van der Waals surface area (Å²) in [5, 5.41) is 8.37. The molecule has 0 saturated heterocycles. The fourth-order valence-electron chi connectivity index (χ4n) is 0.751. The lowest BCUT2D eigenvalue weighted by Gasteiger charge is -2.09. The van der Waals surface area contributed by atoms with E-state index in [0.29, 0.717) is 6.29 Å². The van der Waals surface area contributed by atoms with Gasteiger partial charge in [-0.05, 0) is 0 Å². The van der Waals surface area contributed by atoms with Crippen molar-refractivity contribution >= 4 is 20.1 Å². The molecule has 12 heavy (non-hydrogen) atoms. The Morgan fingerprint density at radius 1 is 1.67 bits per heavy atom. The molecule has 0 bridgehead atoms. The van der Waals surface area contributed by atoms with Gasteiger partial charge in [-0.25, -0.2) is 4.90 Å². The summed E-state index contributed by atoms with van der Waals surface area (Å²) < 4.78 is 10.7. The Kier molecular flexibility index (Phi) is 5.41. The number of rotatable bonds is 6. The molecule has 0 fully saturated rings. The van der Waals surface area contributed by atoms with Crippen LogP contribution < -0.4 is 0 Å². The number of nitrogens with zero attached hydrogens (tertiary/aromatic N) is 1. The lowest BCUT2D eigenvalue weighted by atomic mass is 10.5. The molecule has 0 heterocycles. The number of carboxylic acids is 1. The summed E-state index contributed by atoms with van der Waals surface area (Å²) >= 11 is 0. The summed E-state index contributed by atoms with van der Waals surface area (Å²) in [6.07, 6.45) is 0.752. The Morgan fingerprint density at radius 3 is 2.58 bits per heavy atom. The molecule has 0 aromatic rings. The average Bonchev–Trinajstić information content (AvgIpc) is 1.84. The summed E-state index contributed by atoms with van der Waals surface area (Å²) in [6.45, 7) is 1.27. The van der Waals surface area contributed by atoms with Gasteiger partial charge in [0.25, 0.3) is 0 Å². The first-order valence-electron chi connectivity index (χ1n) is 3.32. The van der Waals surface area contributed by atoms with Gasteiger partial charge in [-0.1, -0.05) is 4.57 Å². The molecule has 0 amide bonds. The second-order valence-electron chi connectivity index (χ2n) is 2.34. The number of carbonyl (C=O) groups is 2. The van der Waals surface area contributed by atoms with E-state index in [4.69, 9.17) is 5.11 Å². The molecule has 1 N–H and O–H groups in total. The molecule has 6 heteroatoms. The summed E-state index contributed by atoms with van der Waals surface area (Å²) in [5.74, 6) is -1.02. The Morgan fingerprint density at radius 2 is 2.25 bits per heavy atom. The average molecular weight is 192 g/mol. The standard InChI is InChI=1S/C6H10NO4P/c1-12(11)5-7(2-3-8)4-6(9)10/h3H,2,4-5H2,1H3/p+1. The minimum Gasteiger partial charge on any atom is -0.480 e. The molecule has 0 rings (SSSR count). The highest BCUT2D eigenvalue weighted by Crippen LogP contribution is 2.14. The maximum Gasteiger partial charge on any atom is 0.351 e. The van der Waals surface area contributed by atoms with E-state index < -0.39 is 13.8 Å². The molecule has 0 aliphatic carbocycles. The third kappa shape index (κ3) is 5.95. The fourth-order valence-corrected chi connectivity index (χ4v) is 1.53. The Labute approximate surface area is 71.1 Å². The highest BCUT2D eigenvalue weighted by Gasteiger charge is 2.16. The van der Waals surface area contributed by atoms with Gasteiger partial charge < -0.3 is 9.90 Å². The van der Waals surface area contributed by atoms with Crippen LogP contribution in [0.5, 0.6) is 0 Å². The van der Waals surface area contributed by atoms with Crippen molar-refractivity contribution in [3.8, 4) is 0 Å². The molecule has 0 aromatic carbocycles. The van der Waals surface area contributed by atoms with E-state index in [1.165, 1.54) is 11.6 Å². The third-order valence-corrected chi connectivity index (χ3v) is 1.89. The van der Waals surface area contributed by atoms with Crippen LogP contribution in [0.25, 0.3) is 0 Å². The van der Waals surface area contributed by atoms with E-state index in [9.17, 15) is 14.2 Å². The van der Waals surface area contributed by atoms with Gasteiger partial charge in [0.05, 0.1) is 6.54 Å². The van der Waals surface area contributed by atoms with Crippen molar-refractivity contribution in [3.05, 3.63) is 0 Å². The summed E-state index contributed by atoms with van der Waals surface area (Å²) in [5.41, 5.74) is 0. The lowest BCUT2D eigenvalue weighted by Crippen LogP contribution is -2.30. The zero-order valence-electron chi connectivity index (χ0n) is 6.77. The zero-order chi connectivity index (χ0) is 9.56. The van der Waals surface area contributed by atoms with Crippen LogP contribution in [0.15, 0.2) is 0 Å². The molecule has 1 unspecified atom stereocenters. The molecular formula is C6H11NO4P+. The molecule has 0 aliphatic heterocycles. The van der Waals surface area contributed by atoms with Crippen LogP contribution in [0.2, 0.25) is 0 Å². The van der Waals surface area contributed by atoms with E-state index in [1.807, 2.05) is 0 Å².